The summed E-state index contributed by atoms with van der Waals surface area (Å²) in [6, 6.07) is 7.82. The maximum atomic E-state index is 12.1. The number of Topliss-reactive ketones (excluding diaryl/α,β-unsaturated/α-hetero) is 1. The molecule has 1 N–H and O–H groups in total. The number of rotatable bonds is 3. The zero-order valence-electron chi connectivity index (χ0n) is 12.8. The molecule has 0 saturated carbocycles. The minimum atomic E-state index is -1.43. The van der Waals surface area contributed by atoms with Crippen LogP contribution in [0.15, 0.2) is 24.3 Å². The van der Waals surface area contributed by atoms with E-state index in [4.69, 9.17) is 4.74 Å². The third-order valence-electron chi connectivity index (χ3n) is 4.09. The van der Waals surface area contributed by atoms with Gasteiger partial charge < -0.3 is 9.84 Å². The van der Waals surface area contributed by atoms with Crippen molar-refractivity contribution >= 4 is 11.8 Å². The van der Waals surface area contributed by atoms with Gasteiger partial charge in [0.15, 0.2) is 11.2 Å². The molecule has 0 aliphatic carbocycles. The Balaban J connectivity index is 2.26. The summed E-state index contributed by atoms with van der Waals surface area (Å²) in [5.41, 5.74) is 0.653. The van der Waals surface area contributed by atoms with E-state index in [9.17, 15) is 14.7 Å². The maximum absolute atomic E-state index is 12.1. The van der Waals surface area contributed by atoms with Gasteiger partial charge in [-0.3, -0.25) is 9.59 Å². The highest BCUT2D eigenvalue weighted by Crippen LogP contribution is 2.31. The average molecular weight is 290 g/mol. The minimum Gasteiger partial charge on any atom is -0.480 e. The van der Waals surface area contributed by atoms with E-state index < -0.39 is 11.4 Å². The van der Waals surface area contributed by atoms with Gasteiger partial charge >= 0.3 is 5.97 Å². The first-order chi connectivity index (χ1) is 9.75. The van der Waals surface area contributed by atoms with E-state index in [2.05, 4.69) is 20.8 Å². The third kappa shape index (κ3) is 3.16. The normalized spacial score (nSPS) is 23.1. The zero-order chi connectivity index (χ0) is 15.7. The first-order valence-electron chi connectivity index (χ1n) is 7.19. The molecule has 1 aromatic rings. The SMILES string of the molecule is CC(C)(C)c1ccc(CC2(C(=O)O)COCCC2=O)cc1. The molecule has 21 heavy (non-hydrogen) atoms. The number of carboxylic acids is 1. The third-order valence-corrected chi connectivity index (χ3v) is 4.09. The second-order valence-corrected chi connectivity index (χ2v) is 6.74. The molecule has 1 aromatic carbocycles. The van der Waals surface area contributed by atoms with Crippen molar-refractivity contribution in [1.29, 1.82) is 0 Å². The molecule has 0 aromatic heterocycles. The molecule has 1 saturated heterocycles. The highest BCUT2D eigenvalue weighted by atomic mass is 16.5. The highest BCUT2D eigenvalue weighted by molar-refractivity contribution is 6.04. The van der Waals surface area contributed by atoms with Crippen LogP contribution in [0.25, 0.3) is 0 Å². The molecular weight excluding hydrogens is 268 g/mol. The van der Waals surface area contributed by atoms with Crippen LogP contribution in [-0.4, -0.2) is 30.1 Å². The summed E-state index contributed by atoms with van der Waals surface area (Å²) >= 11 is 0. The summed E-state index contributed by atoms with van der Waals surface area (Å²) < 4.78 is 5.27. The molecule has 1 aliphatic rings. The van der Waals surface area contributed by atoms with Crippen molar-refractivity contribution in [1.82, 2.24) is 0 Å². The Bertz CT molecular complexity index is 539. The lowest BCUT2D eigenvalue weighted by atomic mass is 9.76. The van der Waals surface area contributed by atoms with E-state index in [1.165, 1.54) is 5.56 Å². The molecule has 0 bridgehead atoms. The summed E-state index contributed by atoms with van der Waals surface area (Å²) in [6.45, 7) is 6.65. The molecule has 2 rings (SSSR count). The molecule has 1 fully saturated rings. The smallest absolute Gasteiger partial charge is 0.319 e. The fourth-order valence-electron chi connectivity index (χ4n) is 2.61. The van der Waals surface area contributed by atoms with Crippen LogP contribution in [0.1, 0.15) is 38.3 Å². The van der Waals surface area contributed by atoms with Crippen LogP contribution in [-0.2, 0) is 26.2 Å². The molecule has 1 unspecified atom stereocenters. The molecule has 0 radical (unpaired) electrons. The lowest BCUT2D eigenvalue weighted by Crippen LogP contribution is -2.48. The van der Waals surface area contributed by atoms with Gasteiger partial charge in [-0.2, -0.15) is 0 Å². The number of carbonyl (C=O) groups is 2. The van der Waals surface area contributed by atoms with Gasteiger partial charge in [0.1, 0.15) is 0 Å². The number of aliphatic carboxylic acids is 1. The van der Waals surface area contributed by atoms with Crippen molar-refractivity contribution in [3.8, 4) is 0 Å². The summed E-state index contributed by atoms with van der Waals surface area (Å²) in [4.78, 5) is 23.7. The minimum absolute atomic E-state index is 0.0395. The molecule has 0 spiro atoms. The Kier molecular flexibility index (Phi) is 4.19. The van der Waals surface area contributed by atoms with Crippen molar-refractivity contribution in [2.45, 2.75) is 39.0 Å². The molecule has 4 heteroatoms. The molecule has 114 valence electrons. The van der Waals surface area contributed by atoms with E-state index in [0.29, 0.717) is 6.61 Å². The lowest BCUT2D eigenvalue weighted by molar-refractivity contribution is -0.164. The van der Waals surface area contributed by atoms with Crippen LogP contribution >= 0.6 is 0 Å². The quantitative estimate of drug-likeness (QED) is 0.869. The van der Waals surface area contributed by atoms with E-state index >= 15 is 0 Å². The number of carboxylic acid groups (broad SMARTS) is 1. The van der Waals surface area contributed by atoms with Crippen molar-refractivity contribution in [2.24, 2.45) is 5.41 Å². The molecule has 4 nitrogen and oxygen atoms in total. The fourth-order valence-corrected chi connectivity index (χ4v) is 2.61. The number of hydrogen-bond donors (Lipinski definition) is 1. The monoisotopic (exact) mass is 290 g/mol. The van der Waals surface area contributed by atoms with Gasteiger partial charge in [-0.15, -0.1) is 0 Å². The van der Waals surface area contributed by atoms with Gasteiger partial charge in [-0.1, -0.05) is 45.0 Å². The molecule has 1 atom stereocenters. The van der Waals surface area contributed by atoms with Crippen LogP contribution in [0.2, 0.25) is 0 Å². The summed E-state index contributed by atoms with van der Waals surface area (Å²) in [5, 5.41) is 9.50. The van der Waals surface area contributed by atoms with Gasteiger partial charge in [0, 0.05) is 6.42 Å². The van der Waals surface area contributed by atoms with E-state index in [1.54, 1.807) is 0 Å². The van der Waals surface area contributed by atoms with Gasteiger partial charge in [-0.05, 0) is 23.0 Å². The van der Waals surface area contributed by atoms with E-state index in [0.717, 1.165) is 5.56 Å². The van der Waals surface area contributed by atoms with Gasteiger partial charge in [0.05, 0.1) is 13.2 Å². The average Bonchev–Trinajstić information content (AvgIpc) is 2.41. The second-order valence-electron chi connectivity index (χ2n) is 6.74. The van der Waals surface area contributed by atoms with Gasteiger partial charge in [0.25, 0.3) is 0 Å². The first-order valence-corrected chi connectivity index (χ1v) is 7.19. The fraction of sp³-hybridized carbons (Fsp3) is 0.529. The van der Waals surface area contributed by atoms with E-state index in [-0.39, 0.29) is 30.6 Å². The van der Waals surface area contributed by atoms with Crippen LogP contribution in [0.4, 0.5) is 0 Å². The molecule has 1 heterocycles. The topological polar surface area (TPSA) is 63.6 Å². The first kappa shape index (κ1) is 15.7. The lowest BCUT2D eigenvalue weighted by Gasteiger charge is -2.31. The van der Waals surface area contributed by atoms with Crippen LogP contribution < -0.4 is 0 Å². The number of benzene rings is 1. The predicted molar refractivity (Wildman–Crippen MR) is 79.4 cm³/mol. The van der Waals surface area contributed by atoms with Crippen LogP contribution in [0.5, 0.6) is 0 Å². The molecule has 0 amide bonds. The van der Waals surface area contributed by atoms with E-state index in [1.807, 2.05) is 24.3 Å². The number of ether oxygens (including phenoxy) is 1. The van der Waals surface area contributed by atoms with Crippen LogP contribution in [0.3, 0.4) is 0 Å². The second kappa shape index (κ2) is 5.60. The zero-order valence-corrected chi connectivity index (χ0v) is 12.8. The van der Waals surface area contributed by atoms with Crippen LogP contribution in [0, 0.1) is 5.41 Å². The van der Waals surface area contributed by atoms with Crippen molar-refractivity contribution in [3.63, 3.8) is 0 Å². The predicted octanol–water partition coefficient (Wildman–Crippen LogP) is 2.59. The van der Waals surface area contributed by atoms with Crippen molar-refractivity contribution < 1.29 is 19.4 Å². The number of ketones is 1. The van der Waals surface area contributed by atoms with Gasteiger partial charge in [-0.25, -0.2) is 0 Å². The van der Waals surface area contributed by atoms with Gasteiger partial charge in [0.2, 0.25) is 0 Å². The standard InChI is InChI=1S/C17H22O4/c1-16(2,3)13-6-4-12(5-7-13)10-17(15(19)20)11-21-9-8-14(17)18/h4-7H,8-11H2,1-3H3,(H,19,20). The maximum Gasteiger partial charge on any atom is 0.319 e. The number of hydrogen-bond acceptors (Lipinski definition) is 3. The Morgan fingerprint density at radius 2 is 1.90 bits per heavy atom. The number of carbonyl (C=O) groups excluding carboxylic acids is 1. The highest BCUT2D eigenvalue weighted by Gasteiger charge is 2.47. The Morgan fingerprint density at radius 1 is 1.29 bits per heavy atom. The summed E-state index contributed by atoms with van der Waals surface area (Å²) in [6.07, 6.45) is 0.359. The molecule has 1 aliphatic heterocycles. The summed E-state index contributed by atoms with van der Waals surface area (Å²) in [5.74, 6) is -1.33. The largest absolute Gasteiger partial charge is 0.480 e. The Hall–Kier alpha value is -1.68. The summed E-state index contributed by atoms with van der Waals surface area (Å²) in [7, 11) is 0. The van der Waals surface area contributed by atoms with Crippen molar-refractivity contribution in [2.75, 3.05) is 13.2 Å². The van der Waals surface area contributed by atoms with Crippen molar-refractivity contribution in [3.05, 3.63) is 35.4 Å². The molecular formula is C17H22O4. The Labute approximate surface area is 125 Å². The Morgan fingerprint density at radius 3 is 2.38 bits per heavy atom.